The first-order valence-corrected chi connectivity index (χ1v) is 4.41. The third-order valence-corrected chi connectivity index (χ3v) is 1.76. The molecular weight excluding hydrogens is 220 g/mol. The molecule has 0 aliphatic carbocycles. The molecule has 0 rings (SSSR count). The van der Waals surface area contributed by atoms with Gasteiger partial charge in [0.15, 0.2) is 6.61 Å². The number of rotatable bonds is 7. The summed E-state index contributed by atoms with van der Waals surface area (Å²) in [4.78, 5) is 21.7. The predicted octanol–water partition coefficient (Wildman–Crippen LogP) is -2.64. The number of aliphatic hydroxyl groups is 4. The summed E-state index contributed by atoms with van der Waals surface area (Å²) >= 11 is 0. The summed E-state index contributed by atoms with van der Waals surface area (Å²) in [6, 6.07) is 0. The fraction of sp³-hybridized carbons (Fsp3) is 0.556. The monoisotopic (exact) mass is 234 g/mol. The quantitative estimate of drug-likeness (QED) is 0.280. The zero-order valence-corrected chi connectivity index (χ0v) is 8.44. The van der Waals surface area contributed by atoms with Gasteiger partial charge in [0.1, 0.15) is 18.3 Å². The predicted molar refractivity (Wildman–Crippen MR) is 51.3 cm³/mol. The molecule has 0 saturated heterocycles. The Labute approximate surface area is 91.6 Å². The van der Waals surface area contributed by atoms with Gasteiger partial charge in [-0.1, -0.05) is 6.58 Å². The molecule has 0 heterocycles. The Hall–Kier alpha value is -1.28. The van der Waals surface area contributed by atoms with Crippen LogP contribution in [0.15, 0.2) is 12.7 Å². The van der Waals surface area contributed by atoms with E-state index in [9.17, 15) is 14.7 Å². The first-order valence-electron chi connectivity index (χ1n) is 4.41. The number of ether oxygens (including phenoxy) is 1. The maximum absolute atomic E-state index is 11.1. The second-order valence-corrected chi connectivity index (χ2v) is 2.96. The van der Waals surface area contributed by atoms with Crippen LogP contribution in [0.3, 0.4) is 0 Å². The molecule has 0 bridgehead atoms. The molecule has 0 amide bonds. The molecule has 7 heteroatoms. The highest BCUT2D eigenvalue weighted by Crippen LogP contribution is 2.01. The van der Waals surface area contributed by atoms with Gasteiger partial charge in [-0.2, -0.15) is 0 Å². The Morgan fingerprint density at radius 3 is 2.31 bits per heavy atom. The van der Waals surface area contributed by atoms with Gasteiger partial charge in [-0.3, -0.25) is 4.79 Å². The first-order chi connectivity index (χ1) is 7.43. The lowest BCUT2D eigenvalue weighted by Crippen LogP contribution is -2.45. The van der Waals surface area contributed by atoms with Crippen molar-refractivity contribution in [1.29, 1.82) is 0 Å². The van der Waals surface area contributed by atoms with Crippen LogP contribution < -0.4 is 0 Å². The fourth-order valence-electron chi connectivity index (χ4n) is 0.795. The third kappa shape index (κ3) is 4.49. The Bertz CT molecular complexity index is 263. The van der Waals surface area contributed by atoms with E-state index in [-0.39, 0.29) is 0 Å². The Morgan fingerprint density at radius 2 is 1.88 bits per heavy atom. The largest absolute Gasteiger partial charge is 0.454 e. The molecule has 0 aromatic carbocycles. The van der Waals surface area contributed by atoms with Gasteiger partial charge in [0.05, 0.1) is 6.61 Å². The van der Waals surface area contributed by atoms with Gasteiger partial charge in [-0.25, -0.2) is 4.79 Å². The molecule has 92 valence electrons. The van der Waals surface area contributed by atoms with Crippen molar-refractivity contribution in [3.63, 3.8) is 0 Å². The number of esters is 1. The lowest BCUT2D eigenvalue weighted by molar-refractivity contribution is -0.152. The molecule has 0 aliphatic rings. The SMILES string of the molecule is C=CC(=O)OCC(=O)[C@@H](O)[C@@H](O)[C@H](O)CO. The minimum Gasteiger partial charge on any atom is -0.454 e. The maximum Gasteiger partial charge on any atom is 0.330 e. The van der Waals surface area contributed by atoms with Gasteiger partial charge in [-0.15, -0.1) is 0 Å². The Kier molecular flexibility index (Phi) is 6.50. The molecule has 16 heavy (non-hydrogen) atoms. The maximum atomic E-state index is 11.1. The van der Waals surface area contributed by atoms with Crippen LogP contribution in [0.4, 0.5) is 0 Å². The number of ketones is 1. The zero-order valence-electron chi connectivity index (χ0n) is 8.44. The molecule has 4 N–H and O–H groups in total. The smallest absolute Gasteiger partial charge is 0.330 e. The summed E-state index contributed by atoms with van der Waals surface area (Å²) in [6.07, 6.45) is -4.58. The molecule has 3 atom stereocenters. The van der Waals surface area contributed by atoms with Gasteiger partial charge >= 0.3 is 5.97 Å². The van der Waals surface area contributed by atoms with Crippen molar-refractivity contribution >= 4 is 11.8 Å². The minimum atomic E-state index is -1.93. The molecule has 0 fully saturated rings. The van der Waals surface area contributed by atoms with E-state index in [1.165, 1.54) is 0 Å². The molecule has 0 unspecified atom stereocenters. The highest BCUT2D eigenvalue weighted by atomic mass is 16.5. The van der Waals surface area contributed by atoms with Crippen LogP contribution in [0.25, 0.3) is 0 Å². The summed E-state index contributed by atoms with van der Waals surface area (Å²) in [7, 11) is 0. The Balaban J connectivity index is 4.17. The van der Waals surface area contributed by atoms with Crippen molar-refractivity contribution in [2.45, 2.75) is 18.3 Å². The Morgan fingerprint density at radius 1 is 1.31 bits per heavy atom. The van der Waals surface area contributed by atoms with E-state index >= 15 is 0 Å². The van der Waals surface area contributed by atoms with Crippen molar-refractivity contribution in [2.24, 2.45) is 0 Å². The number of hydrogen-bond donors (Lipinski definition) is 4. The van der Waals surface area contributed by atoms with Gasteiger partial charge < -0.3 is 25.2 Å². The van der Waals surface area contributed by atoms with Crippen LogP contribution in [0, 0.1) is 0 Å². The van der Waals surface area contributed by atoms with E-state index < -0.39 is 43.3 Å². The topological polar surface area (TPSA) is 124 Å². The van der Waals surface area contributed by atoms with E-state index in [1.807, 2.05) is 0 Å². The molecule has 7 nitrogen and oxygen atoms in total. The highest BCUT2D eigenvalue weighted by molar-refractivity contribution is 5.88. The van der Waals surface area contributed by atoms with Crippen molar-refractivity contribution in [1.82, 2.24) is 0 Å². The van der Waals surface area contributed by atoms with Crippen LogP contribution in [0.1, 0.15) is 0 Å². The van der Waals surface area contributed by atoms with Crippen molar-refractivity contribution in [2.75, 3.05) is 13.2 Å². The zero-order chi connectivity index (χ0) is 12.7. The number of Topliss-reactive ketones (excluding diaryl/α,β-unsaturated/α-hetero) is 1. The van der Waals surface area contributed by atoms with Gasteiger partial charge in [-0.05, 0) is 0 Å². The summed E-state index contributed by atoms with van der Waals surface area (Å²) in [5, 5.41) is 35.7. The molecule has 0 saturated carbocycles. The second kappa shape index (κ2) is 7.07. The molecule has 0 radical (unpaired) electrons. The summed E-state index contributed by atoms with van der Waals surface area (Å²) in [5.74, 6) is -1.84. The van der Waals surface area contributed by atoms with E-state index in [2.05, 4.69) is 11.3 Å². The molecular formula is C9H14O7. The molecule has 0 aliphatic heterocycles. The number of aliphatic hydroxyl groups excluding tert-OH is 4. The molecule has 0 spiro atoms. The van der Waals surface area contributed by atoms with Crippen LogP contribution >= 0.6 is 0 Å². The van der Waals surface area contributed by atoms with Gasteiger partial charge in [0.2, 0.25) is 5.78 Å². The second-order valence-electron chi connectivity index (χ2n) is 2.96. The number of carbonyl (C=O) groups is 2. The minimum absolute atomic E-state index is 0.749. The summed E-state index contributed by atoms with van der Waals surface area (Å²) in [6.45, 7) is 1.53. The fourth-order valence-corrected chi connectivity index (χ4v) is 0.795. The molecule has 0 aromatic rings. The van der Waals surface area contributed by atoms with Crippen molar-refractivity contribution in [3.8, 4) is 0 Å². The van der Waals surface area contributed by atoms with Gasteiger partial charge in [0.25, 0.3) is 0 Å². The van der Waals surface area contributed by atoms with Crippen molar-refractivity contribution < 1.29 is 34.8 Å². The number of hydrogen-bond acceptors (Lipinski definition) is 7. The normalized spacial score (nSPS) is 16.0. The van der Waals surface area contributed by atoms with Crippen LogP contribution in [-0.2, 0) is 14.3 Å². The molecule has 0 aromatic heterocycles. The summed E-state index contributed by atoms with van der Waals surface area (Å²) < 4.78 is 4.32. The van der Waals surface area contributed by atoms with E-state index in [4.69, 9.17) is 15.3 Å². The van der Waals surface area contributed by atoms with Crippen LogP contribution in [0.2, 0.25) is 0 Å². The van der Waals surface area contributed by atoms with E-state index in [1.54, 1.807) is 0 Å². The van der Waals surface area contributed by atoms with Gasteiger partial charge in [0, 0.05) is 6.08 Å². The summed E-state index contributed by atoms with van der Waals surface area (Å²) in [5.41, 5.74) is 0. The standard InChI is InChI=1S/C9H14O7/c1-2-7(13)16-4-6(12)9(15)8(14)5(11)3-10/h2,5,8-11,14-15H,1,3-4H2/t5-,8+,9-/m1/s1. The number of carbonyl (C=O) groups excluding carboxylic acids is 2. The lowest BCUT2D eigenvalue weighted by atomic mass is 10.1. The third-order valence-electron chi connectivity index (χ3n) is 1.76. The van der Waals surface area contributed by atoms with Crippen LogP contribution in [0.5, 0.6) is 0 Å². The average Bonchev–Trinajstić information content (AvgIpc) is 2.32. The lowest BCUT2D eigenvalue weighted by Gasteiger charge is -2.20. The van der Waals surface area contributed by atoms with E-state index in [0.29, 0.717) is 0 Å². The first kappa shape index (κ1) is 14.7. The van der Waals surface area contributed by atoms with Crippen LogP contribution in [-0.4, -0.2) is 63.7 Å². The average molecular weight is 234 g/mol. The van der Waals surface area contributed by atoms with Crippen molar-refractivity contribution in [3.05, 3.63) is 12.7 Å². The van der Waals surface area contributed by atoms with E-state index in [0.717, 1.165) is 6.08 Å². The highest BCUT2D eigenvalue weighted by Gasteiger charge is 2.30.